The molecule has 94 valence electrons. The summed E-state index contributed by atoms with van der Waals surface area (Å²) in [7, 11) is 2.01. The largest absolute Gasteiger partial charge is 0.319 e. The third-order valence-electron chi connectivity index (χ3n) is 3.72. The maximum absolute atomic E-state index is 3.66. The first kappa shape index (κ1) is 12.6. The highest BCUT2D eigenvalue weighted by atomic mass is 14.9. The number of benzene rings is 1. The molecule has 2 heteroatoms. The van der Waals surface area contributed by atoms with E-state index < -0.39 is 0 Å². The Morgan fingerprint density at radius 3 is 2.53 bits per heavy atom. The summed E-state index contributed by atoms with van der Waals surface area (Å²) in [4.78, 5) is 0. The molecule has 1 aromatic carbocycles. The standard InChI is InChI=1S/C15H24N2/c1-12-9-15(10-12)17-11-14-6-4-3-5-13(14)7-8-16-2/h3-6,12,15-17H,7-11H2,1-2H3. The Balaban J connectivity index is 1.85. The summed E-state index contributed by atoms with van der Waals surface area (Å²) in [6, 6.07) is 9.53. The molecule has 0 atom stereocenters. The average Bonchev–Trinajstić information content (AvgIpc) is 2.31. The lowest BCUT2D eigenvalue weighted by Crippen LogP contribution is -2.39. The van der Waals surface area contributed by atoms with Crippen molar-refractivity contribution in [1.82, 2.24) is 10.6 Å². The fourth-order valence-electron chi connectivity index (χ4n) is 2.56. The highest BCUT2D eigenvalue weighted by molar-refractivity contribution is 5.27. The Morgan fingerprint density at radius 2 is 1.88 bits per heavy atom. The minimum atomic E-state index is 0.752. The molecule has 0 bridgehead atoms. The van der Waals surface area contributed by atoms with E-state index in [0.717, 1.165) is 31.5 Å². The van der Waals surface area contributed by atoms with E-state index in [1.165, 1.54) is 24.0 Å². The molecular formula is C15H24N2. The Bertz CT molecular complexity index is 343. The normalized spacial score (nSPS) is 23.4. The monoisotopic (exact) mass is 232 g/mol. The molecule has 2 N–H and O–H groups in total. The zero-order chi connectivity index (χ0) is 12.1. The van der Waals surface area contributed by atoms with Crippen molar-refractivity contribution in [2.24, 2.45) is 5.92 Å². The van der Waals surface area contributed by atoms with E-state index >= 15 is 0 Å². The van der Waals surface area contributed by atoms with E-state index in [1.54, 1.807) is 0 Å². The molecule has 0 aromatic heterocycles. The molecular weight excluding hydrogens is 208 g/mol. The van der Waals surface area contributed by atoms with Crippen LogP contribution in [0.4, 0.5) is 0 Å². The van der Waals surface area contributed by atoms with E-state index in [4.69, 9.17) is 0 Å². The Kier molecular flexibility index (Phi) is 4.57. The van der Waals surface area contributed by atoms with Crippen molar-refractivity contribution in [2.45, 2.75) is 38.8 Å². The smallest absolute Gasteiger partial charge is 0.0210 e. The molecule has 0 amide bonds. The van der Waals surface area contributed by atoms with Gasteiger partial charge in [0.2, 0.25) is 0 Å². The number of nitrogens with one attached hydrogen (secondary N) is 2. The first-order valence-corrected chi connectivity index (χ1v) is 6.74. The summed E-state index contributed by atoms with van der Waals surface area (Å²) >= 11 is 0. The van der Waals surface area contributed by atoms with Crippen LogP contribution < -0.4 is 10.6 Å². The first-order chi connectivity index (χ1) is 8.29. The molecule has 0 saturated heterocycles. The Labute approximate surface area is 105 Å². The fourth-order valence-corrected chi connectivity index (χ4v) is 2.56. The second kappa shape index (κ2) is 6.18. The van der Waals surface area contributed by atoms with Gasteiger partial charge in [0, 0.05) is 12.6 Å². The first-order valence-electron chi connectivity index (χ1n) is 6.74. The van der Waals surface area contributed by atoms with Crippen LogP contribution in [0.2, 0.25) is 0 Å². The molecule has 1 aliphatic rings. The molecule has 0 aliphatic heterocycles. The van der Waals surface area contributed by atoms with Gasteiger partial charge in [0.15, 0.2) is 0 Å². The van der Waals surface area contributed by atoms with Crippen molar-refractivity contribution in [2.75, 3.05) is 13.6 Å². The molecule has 1 aromatic rings. The van der Waals surface area contributed by atoms with Crippen LogP contribution in [0.3, 0.4) is 0 Å². The predicted octanol–water partition coefficient (Wildman–Crippen LogP) is 2.34. The van der Waals surface area contributed by atoms with Crippen molar-refractivity contribution in [1.29, 1.82) is 0 Å². The SMILES string of the molecule is CNCCc1ccccc1CNC1CC(C)C1. The van der Waals surface area contributed by atoms with Gasteiger partial charge in [-0.2, -0.15) is 0 Å². The van der Waals surface area contributed by atoms with Crippen molar-refractivity contribution in [3.05, 3.63) is 35.4 Å². The zero-order valence-electron chi connectivity index (χ0n) is 11.0. The lowest BCUT2D eigenvalue weighted by Gasteiger charge is -2.33. The van der Waals surface area contributed by atoms with Crippen molar-refractivity contribution < 1.29 is 0 Å². The quantitative estimate of drug-likeness (QED) is 0.786. The minimum absolute atomic E-state index is 0.752. The second-order valence-corrected chi connectivity index (χ2v) is 5.28. The molecule has 1 fully saturated rings. The van der Waals surface area contributed by atoms with Crippen LogP contribution in [0, 0.1) is 5.92 Å². The zero-order valence-corrected chi connectivity index (χ0v) is 11.0. The summed E-state index contributed by atoms with van der Waals surface area (Å²) in [5.74, 6) is 0.923. The Hall–Kier alpha value is -0.860. The van der Waals surface area contributed by atoms with E-state index in [1.807, 2.05) is 7.05 Å². The van der Waals surface area contributed by atoms with Crippen molar-refractivity contribution in [3.8, 4) is 0 Å². The van der Waals surface area contributed by atoms with E-state index in [0.29, 0.717) is 0 Å². The van der Waals surface area contributed by atoms with Gasteiger partial charge in [-0.1, -0.05) is 31.2 Å². The summed E-state index contributed by atoms with van der Waals surface area (Å²) in [6.45, 7) is 4.41. The van der Waals surface area contributed by atoms with Crippen molar-refractivity contribution in [3.63, 3.8) is 0 Å². The van der Waals surface area contributed by atoms with E-state index in [2.05, 4.69) is 41.8 Å². The average molecular weight is 232 g/mol. The van der Waals surface area contributed by atoms with Gasteiger partial charge in [-0.25, -0.2) is 0 Å². The number of hydrogen-bond acceptors (Lipinski definition) is 2. The molecule has 2 nitrogen and oxygen atoms in total. The Morgan fingerprint density at radius 1 is 1.18 bits per heavy atom. The molecule has 1 saturated carbocycles. The lowest BCUT2D eigenvalue weighted by molar-refractivity contribution is 0.240. The van der Waals surface area contributed by atoms with Crippen LogP contribution in [0.15, 0.2) is 24.3 Å². The second-order valence-electron chi connectivity index (χ2n) is 5.28. The van der Waals surface area contributed by atoms with Gasteiger partial charge < -0.3 is 10.6 Å². The van der Waals surface area contributed by atoms with Crippen LogP contribution in [0.5, 0.6) is 0 Å². The number of likely N-dealkylation sites (N-methyl/N-ethyl adjacent to an activating group) is 1. The third kappa shape index (κ3) is 3.55. The summed E-state index contributed by atoms with van der Waals surface area (Å²) < 4.78 is 0. The van der Waals surface area contributed by atoms with Gasteiger partial charge in [0.1, 0.15) is 0 Å². The van der Waals surface area contributed by atoms with Gasteiger partial charge >= 0.3 is 0 Å². The van der Waals surface area contributed by atoms with Crippen LogP contribution in [-0.2, 0) is 13.0 Å². The van der Waals surface area contributed by atoms with Gasteiger partial charge in [-0.3, -0.25) is 0 Å². The van der Waals surface area contributed by atoms with Crippen LogP contribution >= 0.6 is 0 Å². The molecule has 0 spiro atoms. The fraction of sp³-hybridized carbons (Fsp3) is 0.600. The van der Waals surface area contributed by atoms with Gasteiger partial charge in [-0.05, 0) is 49.9 Å². The van der Waals surface area contributed by atoms with Gasteiger partial charge in [0.25, 0.3) is 0 Å². The molecule has 17 heavy (non-hydrogen) atoms. The van der Waals surface area contributed by atoms with Gasteiger partial charge in [0.05, 0.1) is 0 Å². The molecule has 0 radical (unpaired) electrons. The summed E-state index contributed by atoms with van der Waals surface area (Å²) in [6.07, 6.45) is 3.81. The third-order valence-corrected chi connectivity index (χ3v) is 3.72. The summed E-state index contributed by atoms with van der Waals surface area (Å²) in [5, 5.41) is 6.88. The minimum Gasteiger partial charge on any atom is -0.319 e. The maximum atomic E-state index is 3.66. The summed E-state index contributed by atoms with van der Waals surface area (Å²) in [5.41, 5.74) is 2.93. The topological polar surface area (TPSA) is 24.1 Å². The lowest BCUT2D eigenvalue weighted by atomic mass is 9.82. The predicted molar refractivity (Wildman–Crippen MR) is 73.1 cm³/mol. The molecule has 0 heterocycles. The van der Waals surface area contributed by atoms with Crippen LogP contribution in [0.25, 0.3) is 0 Å². The van der Waals surface area contributed by atoms with Crippen LogP contribution in [0.1, 0.15) is 30.9 Å². The van der Waals surface area contributed by atoms with Crippen molar-refractivity contribution >= 4 is 0 Å². The van der Waals surface area contributed by atoms with Gasteiger partial charge in [-0.15, -0.1) is 0 Å². The van der Waals surface area contributed by atoms with Crippen LogP contribution in [-0.4, -0.2) is 19.6 Å². The maximum Gasteiger partial charge on any atom is 0.0210 e. The molecule has 2 rings (SSSR count). The highest BCUT2D eigenvalue weighted by Gasteiger charge is 2.24. The number of hydrogen-bond donors (Lipinski definition) is 2. The van der Waals surface area contributed by atoms with E-state index in [9.17, 15) is 0 Å². The highest BCUT2D eigenvalue weighted by Crippen LogP contribution is 2.26. The molecule has 0 unspecified atom stereocenters. The van der Waals surface area contributed by atoms with E-state index in [-0.39, 0.29) is 0 Å². The number of rotatable bonds is 6. The molecule has 1 aliphatic carbocycles.